The first-order chi connectivity index (χ1) is 9.78. The Kier molecular flexibility index (Phi) is 4.84. The second-order valence-corrected chi connectivity index (χ2v) is 4.24. The van der Waals surface area contributed by atoms with Gasteiger partial charge in [0.15, 0.2) is 11.5 Å². The van der Waals surface area contributed by atoms with E-state index < -0.39 is 0 Å². The van der Waals surface area contributed by atoms with Gasteiger partial charge >= 0.3 is 0 Å². The molecule has 6 heteroatoms. The van der Waals surface area contributed by atoms with Crippen molar-refractivity contribution in [2.24, 2.45) is 0 Å². The molecule has 2 N–H and O–H groups in total. The molecule has 0 amide bonds. The van der Waals surface area contributed by atoms with E-state index in [0.29, 0.717) is 23.8 Å². The highest BCUT2D eigenvalue weighted by Crippen LogP contribution is 2.38. The first-order valence-corrected chi connectivity index (χ1v) is 6.25. The average Bonchev–Trinajstić information content (AvgIpc) is 2.99. The van der Waals surface area contributed by atoms with Crippen LogP contribution in [0.2, 0.25) is 0 Å². The van der Waals surface area contributed by atoms with Crippen molar-refractivity contribution in [3.05, 3.63) is 35.7 Å². The number of nitrogens with one attached hydrogen (secondary N) is 2. The molecule has 6 nitrogen and oxygen atoms in total. The maximum atomic E-state index is 5.32. The fourth-order valence-electron chi connectivity index (χ4n) is 1.96. The van der Waals surface area contributed by atoms with Crippen LogP contribution in [0.25, 0.3) is 0 Å². The third kappa shape index (κ3) is 3.21. The summed E-state index contributed by atoms with van der Waals surface area (Å²) < 4.78 is 15.9. The van der Waals surface area contributed by atoms with Crippen LogP contribution in [-0.4, -0.2) is 31.5 Å². The van der Waals surface area contributed by atoms with Crippen LogP contribution in [0.4, 0.5) is 0 Å². The van der Waals surface area contributed by atoms with E-state index in [1.165, 1.54) is 0 Å². The molecular formula is C14H19N3O3. The van der Waals surface area contributed by atoms with Gasteiger partial charge in [-0.3, -0.25) is 5.10 Å². The maximum absolute atomic E-state index is 5.32. The average molecular weight is 277 g/mol. The van der Waals surface area contributed by atoms with Gasteiger partial charge in [-0.15, -0.1) is 0 Å². The van der Waals surface area contributed by atoms with Gasteiger partial charge in [0, 0.05) is 24.8 Å². The third-order valence-corrected chi connectivity index (χ3v) is 2.94. The Morgan fingerprint density at radius 2 is 1.65 bits per heavy atom. The van der Waals surface area contributed by atoms with Gasteiger partial charge < -0.3 is 19.5 Å². The van der Waals surface area contributed by atoms with Crippen LogP contribution in [0, 0.1) is 0 Å². The Labute approximate surface area is 118 Å². The summed E-state index contributed by atoms with van der Waals surface area (Å²) in [6.07, 6.45) is 3.66. The van der Waals surface area contributed by atoms with Crippen LogP contribution >= 0.6 is 0 Å². The fraction of sp³-hybridized carbons (Fsp3) is 0.357. The van der Waals surface area contributed by atoms with Crippen LogP contribution in [0.5, 0.6) is 17.2 Å². The second kappa shape index (κ2) is 6.81. The van der Waals surface area contributed by atoms with Crippen LogP contribution in [0.15, 0.2) is 24.5 Å². The van der Waals surface area contributed by atoms with Crippen LogP contribution in [0.3, 0.4) is 0 Å². The zero-order valence-electron chi connectivity index (χ0n) is 11.9. The molecule has 2 rings (SSSR count). The van der Waals surface area contributed by atoms with Crippen molar-refractivity contribution < 1.29 is 14.2 Å². The molecular weight excluding hydrogens is 258 g/mol. The number of nitrogens with zero attached hydrogens (tertiary/aromatic N) is 1. The first kappa shape index (κ1) is 14.2. The number of hydrogen-bond acceptors (Lipinski definition) is 5. The molecule has 20 heavy (non-hydrogen) atoms. The second-order valence-electron chi connectivity index (χ2n) is 4.24. The lowest BCUT2D eigenvalue weighted by molar-refractivity contribution is 0.323. The Morgan fingerprint density at radius 3 is 2.15 bits per heavy atom. The molecule has 0 fully saturated rings. The maximum Gasteiger partial charge on any atom is 0.203 e. The Morgan fingerprint density at radius 1 is 1.00 bits per heavy atom. The fourth-order valence-corrected chi connectivity index (χ4v) is 1.96. The number of aromatic amines is 1. The summed E-state index contributed by atoms with van der Waals surface area (Å²) in [5.74, 6) is 1.92. The lowest BCUT2D eigenvalue weighted by Crippen LogP contribution is -2.12. The minimum absolute atomic E-state index is 0.605. The van der Waals surface area contributed by atoms with Gasteiger partial charge in [-0.2, -0.15) is 5.10 Å². The smallest absolute Gasteiger partial charge is 0.203 e. The van der Waals surface area contributed by atoms with E-state index in [2.05, 4.69) is 15.5 Å². The predicted molar refractivity (Wildman–Crippen MR) is 75.2 cm³/mol. The van der Waals surface area contributed by atoms with E-state index in [4.69, 9.17) is 14.2 Å². The van der Waals surface area contributed by atoms with Gasteiger partial charge in [-0.25, -0.2) is 0 Å². The summed E-state index contributed by atoms with van der Waals surface area (Å²) in [5.41, 5.74) is 2.17. The number of H-pyrrole nitrogens is 1. The summed E-state index contributed by atoms with van der Waals surface area (Å²) in [5, 5.41) is 10.0. The van der Waals surface area contributed by atoms with Crippen molar-refractivity contribution in [1.82, 2.24) is 15.5 Å². The minimum Gasteiger partial charge on any atom is -0.493 e. The zero-order valence-corrected chi connectivity index (χ0v) is 11.9. The molecule has 1 heterocycles. The summed E-state index contributed by atoms with van der Waals surface area (Å²) in [7, 11) is 4.82. The molecule has 0 spiro atoms. The molecule has 2 aromatic rings. The molecule has 0 aliphatic heterocycles. The molecule has 0 radical (unpaired) electrons. The van der Waals surface area contributed by atoms with Crippen LogP contribution < -0.4 is 19.5 Å². The van der Waals surface area contributed by atoms with Gasteiger partial charge in [-0.1, -0.05) is 0 Å². The molecule has 0 unspecified atom stereocenters. The van der Waals surface area contributed by atoms with Crippen molar-refractivity contribution in [1.29, 1.82) is 0 Å². The SMILES string of the molecule is COc1cc(CNCc2cn[nH]c2)cc(OC)c1OC. The summed E-state index contributed by atoms with van der Waals surface area (Å²) in [6.45, 7) is 1.44. The highest BCUT2D eigenvalue weighted by molar-refractivity contribution is 5.53. The van der Waals surface area contributed by atoms with Crippen molar-refractivity contribution in [2.45, 2.75) is 13.1 Å². The molecule has 0 bridgehead atoms. The normalized spacial score (nSPS) is 10.3. The molecule has 1 aromatic carbocycles. The van der Waals surface area contributed by atoms with Crippen molar-refractivity contribution in [2.75, 3.05) is 21.3 Å². The number of ether oxygens (including phenoxy) is 3. The van der Waals surface area contributed by atoms with E-state index in [1.54, 1.807) is 27.5 Å². The first-order valence-electron chi connectivity index (χ1n) is 6.25. The van der Waals surface area contributed by atoms with Gasteiger partial charge in [0.1, 0.15) is 0 Å². The summed E-state index contributed by atoms with van der Waals surface area (Å²) in [6, 6.07) is 3.87. The van der Waals surface area contributed by atoms with E-state index >= 15 is 0 Å². The Hall–Kier alpha value is -2.21. The van der Waals surface area contributed by atoms with E-state index in [0.717, 1.165) is 17.7 Å². The highest BCUT2D eigenvalue weighted by Gasteiger charge is 2.12. The Bertz CT molecular complexity index is 516. The van der Waals surface area contributed by atoms with Gasteiger partial charge in [0.2, 0.25) is 5.75 Å². The minimum atomic E-state index is 0.605. The van der Waals surface area contributed by atoms with E-state index in [-0.39, 0.29) is 0 Å². The molecule has 0 aliphatic rings. The molecule has 1 aromatic heterocycles. The van der Waals surface area contributed by atoms with Crippen molar-refractivity contribution in [3.8, 4) is 17.2 Å². The number of rotatable bonds is 7. The van der Waals surface area contributed by atoms with E-state index in [1.807, 2.05) is 18.3 Å². The summed E-state index contributed by atoms with van der Waals surface area (Å²) in [4.78, 5) is 0. The number of hydrogen-bond donors (Lipinski definition) is 2. The lowest BCUT2D eigenvalue weighted by Gasteiger charge is -2.14. The number of benzene rings is 1. The van der Waals surface area contributed by atoms with E-state index in [9.17, 15) is 0 Å². The monoisotopic (exact) mass is 277 g/mol. The van der Waals surface area contributed by atoms with Crippen LogP contribution in [0.1, 0.15) is 11.1 Å². The number of aromatic nitrogens is 2. The zero-order chi connectivity index (χ0) is 14.4. The van der Waals surface area contributed by atoms with Crippen molar-refractivity contribution in [3.63, 3.8) is 0 Å². The summed E-state index contributed by atoms with van der Waals surface area (Å²) >= 11 is 0. The number of methoxy groups -OCH3 is 3. The van der Waals surface area contributed by atoms with Crippen LogP contribution in [-0.2, 0) is 13.1 Å². The predicted octanol–water partition coefficient (Wildman–Crippen LogP) is 1.73. The molecule has 0 saturated carbocycles. The molecule has 0 atom stereocenters. The topological polar surface area (TPSA) is 68.4 Å². The third-order valence-electron chi connectivity index (χ3n) is 2.94. The molecule has 0 saturated heterocycles. The largest absolute Gasteiger partial charge is 0.493 e. The van der Waals surface area contributed by atoms with Gasteiger partial charge in [-0.05, 0) is 17.7 Å². The Balaban J connectivity index is 2.07. The standard InChI is InChI=1S/C14H19N3O3/c1-18-12-4-10(5-13(19-2)14(12)20-3)6-15-7-11-8-16-17-9-11/h4-5,8-9,15H,6-7H2,1-3H3,(H,16,17). The van der Waals surface area contributed by atoms with Crippen molar-refractivity contribution >= 4 is 0 Å². The molecule has 0 aliphatic carbocycles. The lowest BCUT2D eigenvalue weighted by atomic mass is 10.1. The highest BCUT2D eigenvalue weighted by atomic mass is 16.5. The van der Waals surface area contributed by atoms with Gasteiger partial charge in [0.25, 0.3) is 0 Å². The molecule has 108 valence electrons. The van der Waals surface area contributed by atoms with Gasteiger partial charge in [0.05, 0.1) is 27.5 Å². The quantitative estimate of drug-likeness (QED) is 0.806.